The van der Waals surface area contributed by atoms with Gasteiger partial charge in [-0.1, -0.05) is 32.9 Å². The van der Waals surface area contributed by atoms with Crippen LogP contribution in [0.15, 0.2) is 12.2 Å². The fourth-order valence-electron chi connectivity index (χ4n) is 4.22. The first kappa shape index (κ1) is 22.7. The maximum absolute atomic E-state index is 10.2. The molecule has 8 nitrogen and oxygen atoms in total. The zero-order chi connectivity index (χ0) is 20.5. The number of ether oxygens (including phenoxy) is 2. The van der Waals surface area contributed by atoms with Gasteiger partial charge in [0.1, 0.15) is 24.4 Å². The first-order valence-electron chi connectivity index (χ1n) is 9.50. The summed E-state index contributed by atoms with van der Waals surface area (Å²) in [6, 6.07) is 0. The SMILES string of the molecule is C[C@@H]1[C@@H](O)[C@@H](O)CC(C)(C)[C@H]1/C=C/[C@@H](C)O[C@@H]1O[C@H](CO)[C@@H](O)[C@H](O)[C@H]1O. The van der Waals surface area contributed by atoms with Crippen LogP contribution in [0.3, 0.4) is 0 Å². The number of allylic oxidation sites excluding steroid dienone is 1. The molecule has 2 fully saturated rings. The van der Waals surface area contributed by atoms with E-state index < -0.39 is 55.6 Å². The van der Waals surface area contributed by atoms with Crippen LogP contribution in [0.1, 0.15) is 34.1 Å². The molecular formula is C19H34O8. The van der Waals surface area contributed by atoms with E-state index in [9.17, 15) is 30.6 Å². The summed E-state index contributed by atoms with van der Waals surface area (Å²) in [6.45, 7) is 7.20. The van der Waals surface area contributed by atoms with E-state index in [1.807, 2.05) is 26.8 Å². The van der Waals surface area contributed by atoms with Gasteiger partial charge in [0, 0.05) is 0 Å². The van der Waals surface area contributed by atoms with Crippen LogP contribution in [0.5, 0.6) is 0 Å². The lowest BCUT2D eigenvalue weighted by molar-refractivity contribution is -0.306. The Morgan fingerprint density at radius 1 is 1.07 bits per heavy atom. The van der Waals surface area contributed by atoms with Crippen LogP contribution in [0.2, 0.25) is 0 Å². The average molecular weight is 390 g/mol. The highest BCUT2D eigenvalue weighted by Crippen LogP contribution is 2.45. The van der Waals surface area contributed by atoms with Crippen LogP contribution in [0.4, 0.5) is 0 Å². The van der Waals surface area contributed by atoms with Crippen molar-refractivity contribution >= 4 is 0 Å². The predicted molar refractivity (Wildman–Crippen MR) is 96.5 cm³/mol. The molecule has 1 heterocycles. The quantitative estimate of drug-likeness (QED) is 0.334. The molecule has 10 atom stereocenters. The minimum Gasteiger partial charge on any atom is -0.394 e. The average Bonchev–Trinajstić information content (AvgIpc) is 2.59. The van der Waals surface area contributed by atoms with E-state index in [-0.39, 0.29) is 17.3 Å². The number of hydrogen-bond acceptors (Lipinski definition) is 8. The lowest BCUT2D eigenvalue weighted by atomic mass is 9.62. The van der Waals surface area contributed by atoms with Gasteiger partial charge in [-0.05, 0) is 30.6 Å². The van der Waals surface area contributed by atoms with Crippen molar-refractivity contribution in [2.75, 3.05) is 6.61 Å². The van der Waals surface area contributed by atoms with Crippen molar-refractivity contribution in [1.82, 2.24) is 0 Å². The number of hydrogen-bond donors (Lipinski definition) is 6. The molecule has 158 valence electrons. The molecule has 0 aromatic rings. The van der Waals surface area contributed by atoms with Gasteiger partial charge in [-0.2, -0.15) is 0 Å². The normalized spacial score (nSPS) is 46.5. The van der Waals surface area contributed by atoms with Crippen LogP contribution in [0, 0.1) is 17.3 Å². The van der Waals surface area contributed by atoms with E-state index >= 15 is 0 Å². The molecule has 1 aliphatic carbocycles. The summed E-state index contributed by atoms with van der Waals surface area (Å²) >= 11 is 0. The summed E-state index contributed by atoms with van der Waals surface area (Å²) in [4.78, 5) is 0. The van der Waals surface area contributed by atoms with Gasteiger partial charge in [0.25, 0.3) is 0 Å². The summed E-state index contributed by atoms with van der Waals surface area (Å²) < 4.78 is 11.0. The molecule has 2 aliphatic rings. The second-order valence-electron chi connectivity index (χ2n) is 8.56. The molecule has 8 heteroatoms. The number of rotatable bonds is 5. The summed E-state index contributed by atoms with van der Waals surface area (Å²) in [6.07, 6.45) is -4.38. The molecule has 2 rings (SSSR count). The first-order valence-corrected chi connectivity index (χ1v) is 9.50. The fraction of sp³-hybridized carbons (Fsp3) is 0.895. The van der Waals surface area contributed by atoms with Crippen LogP contribution >= 0.6 is 0 Å². The van der Waals surface area contributed by atoms with Crippen molar-refractivity contribution in [1.29, 1.82) is 0 Å². The number of aliphatic hydroxyl groups excluding tert-OH is 6. The predicted octanol–water partition coefficient (Wildman–Crippen LogP) is -0.848. The Morgan fingerprint density at radius 2 is 1.70 bits per heavy atom. The smallest absolute Gasteiger partial charge is 0.187 e. The standard InChI is InChI=1S/C19H34O8/c1-9(26-18-17(25)16(24)15(23)13(8-20)27-18)5-6-11-10(2)14(22)12(21)7-19(11,3)4/h5-6,9-18,20-25H,7-8H2,1-4H3/b6-5+/t9-,10+,11+,12+,13-,14-,15-,16+,17-,18-/m1/s1. The molecule has 0 spiro atoms. The van der Waals surface area contributed by atoms with Crippen molar-refractivity contribution < 1.29 is 40.1 Å². The highest BCUT2D eigenvalue weighted by Gasteiger charge is 2.45. The second kappa shape index (κ2) is 8.84. The minimum absolute atomic E-state index is 0.0109. The zero-order valence-electron chi connectivity index (χ0n) is 16.3. The highest BCUT2D eigenvalue weighted by atomic mass is 16.7. The van der Waals surface area contributed by atoms with E-state index in [0.717, 1.165) is 0 Å². The van der Waals surface area contributed by atoms with E-state index in [2.05, 4.69) is 0 Å². The molecule has 0 radical (unpaired) electrons. The summed E-state index contributed by atoms with van der Waals surface area (Å²) in [5, 5.41) is 59.1. The van der Waals surface area contributed by atoms with E-state index in [0.29, 0.717) is 6.42 Å². The summed E-state index contributed by atoms with van der Waals surface area (Å²) in [5.41, 5.74) is -0.211. The number of aliphatic hydroxyl groups is 6. The van der Waals surface area contributed by atoms with Gasteiger partial charge in [-0.3, -0.25) is 0 Å². The Labute approximate surface area is 160 Å². The van der Waals surface area contributed by atoms with E-state index in [1.54, 1.807) is 13.0 Å². The lowest BCUT2D eigenvalue weighted by Gasteiger charge is -2.46. The van der Waals surface area contributed by atoms with Crippen LogP contribution in [-0.2, 0) is 9.47 Å². The van der Waals surface area contributed by atoms with Crippen LogP contribution in [-0.4, -0.2) is 86.3 Å². The zero-order valence-corrected chi connectivity index (χ0v) is 16.3. The van der Waals surface area contributed by atoms with Gasteiger partial charge in [-0.15, -0.1) is 0 Å². The summed E-state index contributed by atoms with van der Waals surface area (Å²) in [7, 11) is 0. The molecule has 0 amide bonds. The minimum atomic E-state index is -1.48. The van der Waals surface area contributed by atoms with Crippen molar-refractivity contribution in [2.45, 2.75) is 83.1 Å². The Morgan fingerprint density at radius 3 is 2.30 bits per heavy atom. The molecule has 0 aromatic carbocycles. The Kier molecular flexibility index (Phi) is 7.43. The van der Waals surface area contributed by atoms with Gasteiger partial charge < -0.3 is 40.1 Å². The van der Waals surface area contributed by atoms with Crippen LogP contribution < -0.4 is 0 Å². The maximum Gasteiger partial charge on any atom is 0.187 e. The Hall–Kier alpha value is -0.580. The van der Waals surface area contributed by atoms with Crippen molar-refractivity contribution in [3.05, 3.63) is 12.2 Å². The van der Waals surface area contributed by atoms with Gasteiger partial charge in [0.05, 0.1) is 24.9 Å². The van der Waals surface area contributed by atoms with Crippen molar-refractivity contribution in [2.24, 2.45) is 17.3 Å². The van der Waals surface area contributed by atoms with Crippen molar-refractivity contribution in [3.63, 3.8) is 0 Å². The van der Waals surface area contributed by atoms with E-state index in [1.165, 1.54) is 0 Å². The van der Waals surface area contributed by atoms with Crippen molar-refractivity contribution in [3.8, 4) is 0 Å². The molecule has 1 aliphatic heterocycles. The van der Waals surface area contributed by atoms with Crippen LogP contribution in [0.25, 0.3) is 0 Å². The second-order valence-corrected chi connectivity index (χ2v) is 8.56. The molecule has 1 saturated carbocycles. The Bertz CT molecular complexity index is 508. The topological polar surface area (TPSA) is 140 Å². The molecular weight excluding hydrogens is 356 g/mol. The third-order valence-electron chi connectivity index (χ3n) is 5.92. The molecule has 0 bridgehead atoms. The van der Waals surface area contributed by atoms with Gasteiger partial charge in [-0.25, -0.2) is 0 Å². The van der Waals surface area contributed by atoms with Gasteiger partial charge >= 0.3 is 0 Å². The first-order chi connectivity index (χ1) is 12.5. The summed E-state index contributed by atoms with van der Waals surface area (Å²) in [5.74, 6) is -0.129. The third kappa shape index (κ3) is 4.89. The molecule has 0 unspecified atom stereocenters. The largest absolute Gasteiger partial charge is 0.394 e. The monoisotopic (exact) mass is 390 g/mol. The fourth-order valence-corrected chi connectivity index (χ4v) is 4.22. The molecule has 0 aromatic heterocycles. The molecule has 6 N–H and O–H groups in total. The highest BCUT2D eigenvalue weighted by molar-refractivity contribution is 5.06. The third-order valence-corrected chi connectivity index (χ3v) is 5.92. The maximum atomic E-state index is 10.2. The van der Waals surface area contributed by atoms with Gasteiger partial charge in [0.15, 0.2) is 6.29 Å². The molecule has 1 saturated heterocycles. The van der Waals surface area contributed by atoms with E-state index in [4.69, 9.17) is 9.47 Å². The lowest BCUT2D eigenvalue weighted by Crippen LogP contribution is -2.59. The Balaban J connectivity index is 2.02. The van der Waals surface area contributed by atoms with Gasteiger partial charge in [0.2, 0.25) is 0 Å². The molecule has 27 heavy (non-hydrogen) atoms.